The van der Waals surface area contributed by atoms with Crippen LogP contribution in [0.5, 0.6) is 11.5 Å². The summed E-state index contributed by atoms with van der Waals surface area (Å²) in [6.07, 6.45) is 3.12. The lowest BCUT2D eigenvalue weighted by Crippen LogP contribution is -2.23. The van der Waals surface area contributed by atoms with Gasteiger partial charge in [0.2, 0.25) is 0 Å². The number of aliphatic imine (C=N–C) groups is 2. The maximum absolute atomic E-state index is 5.88. The fourth-order valence-electron chi connectivity index (χ4n) is 3.85. The van der Waals surface area contributed by atoms with E-state index in [9.17, 15) is 0 Å². The van der Waals surface area contributed by atoms with E-state index < -0.39 is 0 Å². The summed E-state index contributed by atoms with van der Waals surface area (Å²) in [6, 6.07) is 16.5. The quantitative estimate of drug-likeness (QED) is 0.504. The third-order valence-corrected chi connectivity index (χ3v) is 5.67. The van der Waals surface area contributed by atoms with Crippen LogP contribution in [-0.4, -0.2) is 75.0 Å². The van der Waals surface area contributed by atoms with E-state index in [0.717, 1.165) is 93.0 Å². The van der Waals surface area contributed by atoms with E-state index in [0.29, 0.717) is 0 Å². The number of ether oxygens (including phenoxy) is 2. The molecule has 2 heterocycles. The fraction of sp³-hybridized carbons (Fsp3) is 0.440. The minimum atomic E-state index is 0. The zero-order valence-electron chi connectivity index (χ0n) is 19.0. The summed E-state index contributed by atoms with van der Waals surface area (Å²) >= 11 is 0. The summed E-state index contributed by atoms with van der Waals surface area (Å²) in [6.45, 7) is 5.21. The van der Waals surface area contributed by atoms with Crippen LogP contribution in [0.2, 0.25) is 0 Å². The maximum atomic E-state index is 5.88. The Morgan fingerprint density at radius 2 is 1.06 bits per heavy atom. The number of unbranched alkanes of at least 4 members (excludes halogenated alkanes) is 2. The van der Waals surface area contributed by atoms with Crippen LogP contribution in [0, 0.1) is 0 Å². The number of amidine groups is 2. The standard InChI is InChI=1S/C25H32N4O2.ClH/c1-28-16-14-26-24(28)20-6-10-22(11-7-20)30-18-4-3-5-19-31-23-12-8-21(9-13-23)25-27-15-17-29(25)2;/h6-13H,3-5,14-19H2,1-2H3;1H. The van der Waals surface area contributed by atoms with E-state index >= 15 is 0 Å². The van der Waals surface area contributed by atoms with Crippen molar-refractivity contribution >= 4 is 24.1 Å². The van der Waals surface area contributed by atoms with Gasteiger partial charge in [-0.1, -0.05) is 0 Å². The van der Waals surface area contributed by atoms with Gasteiger partial charge >= 0.3 is 0 Å². The topological polar surface area (TPSA) is 49.7 Å². The fourth-order valence-corrected chi connectivity index (χ4v) is 3.85. The van der Waals surface area contributed by atoms with Crippen molar-refractivity contribution in [2.45, 2.75) is 19.3 Å². The largest absolute Gasteiger partial charge is 0.494 e. The first-order valence-corrected chi connectivity index (χ1v) is 11.2. The Morgan fingerprint density at radius 3 is 1.41 bits per heavy atom. The highest BCUT2D eigenvalue weighted by Crippen LogP contribution is 2.17. The molecule has 0 atom stereocenters. The Hall–Kier alpha value is -2.73. The van der Waals surface area contributed by atoms with Crippen LogP contribution in [0.15, 0.2) is 58.5 Å². The second kappa shape index (κ2) is 11.8. The van der Waals surface area contributed by atoms with Crippen LogP contribution in [-0.2, 0) is 0 Å². The van der Waals surface area contributed by atoms with Gasteiger partial charge in [-0.3, -0.25) is 9.98 Å². The van der Waals surface area contributed by atoms with Gasteiger partial charge in [0, 0.05) is 38.3 Å². The molecule has 0 aromatic heterocycles. The van der Waals surface area contributed by atoms with Gasteiger partial charge in [0.1, 0.15) is 23.2 Å². The van der Waals surface area contributed by atoms with E-state index in [4.69, 9.17) is 9.47 Å². The number of benzene rings is 2. The second-order valence-electron chi connectivity index (χ2n) is 8.06. The lowest BCUT2D eigenvalue weighted by Gasteiger charge is -2.14. The Kier molecular flexibility index (Phi) is 8.80. The van der Waals surface area contributed by atoms with Gasteiger partial charge < -0.3 is 19.3 Å². The lowest BCUT2D eigenvalue weighted by molar-refractivity contribution is 0.279. The molecule has 2 aliphatic rings. The molecule has 0 spiro atoms. The predicted octanol–water partition coefficient (Wildman–Crippen LogP) is 4.12. The summed E-state index contributed by atoms with van der Waals surface area (Å²) in [5.74, 6) is 3.97. The zero-order valence-corrected chi connectivity index (χ0v) is 19.8. The summed E-state index contributed by atoms with van der Waals surface area (Å²) in [4.78, 5) is 13.5. The van der Waals surface area contributed by atoms with Crippen LogP contribution in [0.1, 0.15) is 30.4 Å². The Labute approximate surface area is 197 Å². The first-order chi connectivity index (χ1) is 15.2. The monoisotopic (exact) mass is 456 g/mol. The molecular formula is C25H33ClN4O2. The number of hydrogen-bond acceptors (Lipinski definition) is 6. The molecule has 7 heteroatoms. The number of halogens is 1. The first-order valence-electron chi connectivity index (χ1n) is 11.2. The molecule has 2 aromatic rings. The molecule has 6 nitrogen and oxygen atoms in total. The highest BCUT2D eigenvalue weighted by molar-refractivity contribution is 6.00. The number of rotatable bonds is 10. The molecule has 0 saturated heterocycles. The van der Waals surface area contributed by atoms with Gasteiger partial charge in [0.15, 0.2) is 0 Å². The Morgan fingerprint density at radius 1 is 0.656 bits per heavy atom. The van der Waals surface area contributed by atoms with E-state index in [1.54, 1.807) is 0 Å². The molecule has 2 aliphatic heterocycles. The molecule has 0 fully saturated rings. The van der Waals surface area contributed by atoms with Crippen LogP contribution in [0.3, 0.4) is 0 Å². The predicted molar refractivity (Wildman–Crippen MR) is 133 cm³/mol. The molecule has 2 aromatic carbocycles. The summed E-state index contributed by atoms with van der Waals surface area (Å²) in [7, 11) is 4.17. The van der Waals surface area contributed by atoms with E-state index in [2.05, 4.69) is 58.1 Å². The van der Waals surface area contributed by atoms with Crippen molar-refractivity contribution in [1.29, 1.82) is 0 Å². The van der Waals surface area contributed by atoms with Gasteiger partial charge in [0.25, 0.3) is 0 Å². The average molecular weight is 457 g/mol. The lowest BCUT2D eigenvalue weighted by atomic mass is 10.2. The Balaban J connectivity index is 0.00000289. The normalized spacial score (nSPS) is 15.3. The average Bonchev–Trinajstić information content (AvgIpc) is 3.42. The first kappa shape index (κ1) is 23.9. The van der Waals surface area contributed by atoms with Crippen LogP contribution in [0.4, 0.5) is 0 Å². The third kappa shape index (κ3) is 6.16. The van der Waals surface area contributed by atoms with Gasteiger partial charge in [-0.25, -0.2) is 0 Å². The molecule has 0 N–H and O–H groups in total. The van der Waals surface area contributed by atoms with Crippen molar-refractivity contribution in [3.8, 4) is 11.5 Å². The molecule has 172 valence electrons. The van der Waals surface area contributed by atoms with Crippen molar-refractivity contribution < 1.29 is 9.47 Å². The summed E-state index contributed by atoms with van der Waals surface area (Å²) in [5, 5.41) is 0. The molecule has 0 radical (unpaired) electrons. The number of nitrogens with zero attached hydrogens (tertiary/aromatic N) is 4. The highest BCUT2D eigenvalue weighted by atomic mass is 35.5. The van der Waals surface area contributed by atoms with Crippen molar-refractivity contribution in [2.24, 2.45) is 9.98 Å². The SMILES string of the molecule is CN1CCN=C1c1ccc(OCCCCCOc2ccc(C3=NCCN3C)cc2)cc1.Cl. The van der Waals surface area contributed by atoms with Crippen LogP contribution >= 0.6 is 12.4 Å². The molecule has 0 aliphatic carbocycles. The minimum Gasteiger partial charge on any atom is -0.494 e. The second-order valence-corrected chi connectivity index (χ2v) is 8.06. The molecule has 4 rings (SSSR count). The molecule has 32 heavy (non-hydrogen) atoms. The van der Waals surface area contributed by atoms with Gasteiger partial charge in [-0.05, 0) is 67.8 Å². The van der Waals surface area contributed by atoms with Crippen molar-refractivity contribution in [3.05, 3.63) is 59.7 Å². The van der Waals surface area contributed by atoms with Gasteiger partial charge in [0.05, 0.1) is 26.3 Å². The smallest absolute Gasteiger partial charge is 0.130 e. The van der Waals surface area contributed by atoms with Crippen molar-refractivity contribution in [1.82, 2.24) is 9.80 Å². The number of likely N-dealkylation sites (N-methyl/N-ethyl adjacent to an activating group) is 2. The minimum absolute atomic E-state index is 0. The van der Waals surface area contributed by atoms with Gasteiger partial charge in [-0.2, -0.15) is 0 Å². The summed E-state index contributed by atoms with van der Waals surface area (Å²) in [5.41, 5.74) is 2.31. The van der Waals surface area contributed by atoms with E-state index in [-0.39, 0.29) is 12.4 Å². The van der Waals surface area contributed by atoms with Crippen molar-refractivity contribution in [3.63, 3.8) is 0 Å². The number of hydrogen-bond donors (Lipinski definition) is 0. The van der Waals surface area contributed by atoms with Crippen LogP contribution < -0.4 is 9.47 Å². The van der Waals surface area contributed by atoms with Crippen molar-refractivity contribution in [2.75, 3.05) is 53.5 Å². The molecule has 0 unspecified atom stereocenters. The van der Waals surface area contributed by atoms with Gasteiger partial charge in [-0.15, -0.1) is 12.4 Å². The Bertz CT molecular complexity index is 837. The molecular weight excluding hydrogens is 424 g/mol. The van der Waals surface area contributed by atoms with E-state index in [1.165, 1.54) is 0 Å². The zero-order chi connectivity index (χ0) is 21.5. The van der Waals surface area contributed by atoms with E-state index in [1.807, 2.05) is 24.3 Å². The third-order valence-electron chi connectivity index (χ3n) is 5.67. The summed E-state index contributed by atoms with van der Waals surface area (Å²) < 4.78 is 11.8. The molecule has 0 bridgehead atoms. The molecule has 0 amide bonds. The maximum Gasteiger partial charge on any atom is 0.130 e. The van der Waals surface area contributed by atoms with Crippen LogP contribution in [0.25, 0.3) is 0 Å². The molecule has 0 saturated carbocycles. The highest BCUT2D eigenvalue weighted by Gasteiger charge is 2.15.